The lowest BCUT2D eigenvalue weighted by molar-refractivity contribution is -0.245. The maximum Gasteiger partial charge on any atom is 0.261 e. The van der Waals surface area contributed by atoms with Gasteiger partial charge < -0.3 is 14.6 Å². The van der Waals surface area contributed by atoms with Crippen LogP contribution < -0.4 is 0 Å². The zero-order valence-corrected chi connectivity index (χ0v) is 25.8. The topological polar surface area (TPSA) is 89.0 Å². The number of imide groups is 1. The Balaban J connectivity index is 1.12. The van der Waals surface area contributed by atoms with Gasteiger partial charge in [-0.3, -0.25) is 14.5 Å². The van der Waals surface area contributed by atoms with Gasteiger partial charge in [-0.1, -0.05) is 78.9 Å². The molecule has 0 aliphatic carbocycles. The second-order valence-corrected chi connectivity index (χ2v) is 12.4. The van der Waals surface area contributed by atoms with Crippen LogP contribution in [0.15, 0.2) is 126 Å². The number of fused-ring (bicyclic) bond motifs is 1. The van der Waals surface area contributed by atoms with E-state index in [4.69, 9.17) is 9.47 Å². The average Bonchev–Trinajstić information content (AvgIpc) is 3.36. The van der Waals surface area contributed by atoms with Crippen LogP contribution in [0.2, 0.25) is 0 Å². The summed E-state index contributed by atoms with van der Waals surface area (Å²) in [6.45, 7) is 0.189. The highest BCUT2D eigenvalue weighted by atomic mass is 32.2. The lowest BCUT2D eigenvalue weighted by Gasteiger charge is -2.36. The summed E-state index contributed by atoms with van der Waals surface area (Å²) in [7, 11) is 0. The highest BCUT2D eigenvalue weighted by Crippen LogP contribution is 2.40. The van der Waals surface area contributed by atoms with Crippen LogP contribution in [0.5, 0.6) is 0 Å². The van der Waals surface area contributed by atoms with Gasteiger partial charge in [0.2, 0.25) is 0 Å². The van der Waals surface area contributed by atoms with Gasteiger partial charge in [-0.2, -0.15) is 0 Å². The highest BCUT2D eigenvalue weighted by molar-refractivity contribution is 7.99. The molecule has 3 atom stereocenters. The Hall–Kier alpha value is -4.60. The lowest BCUT2D eigenvalue weighted by Crippen LogP contribution is -2.31. The van der Waals surface area contributed by atoms with Crippen molar-refractivity contribution < 1.29 is 24.2 Å². The minimum Gasteiger partial charge on any atom is -0.392 e. The van der Waals surface area contributed by atoms with Crippen molar-refractivity contribution in [2.45, 2.75) is 43.1 Å². The molecule has 7 nitrogen and oxygen atoms in total. The van der Waals surface area contributed by atoms with E-state index in [0.717, 1.165) is 44.2 Å². The first-order valence-electron chi connectivity index (χ1n) is 15.2. The van der Waals surface area contributed by atoms with E-state index < -0.39 is 6.29 Å². The number of nitrogens with zero attached hydrogens (tertiary/aromatic N) is 2. The molecule has 4 aromatic carbocycles. The van der Waals surface area contributed by atoms with E-state index in [9.17, 15) is 14.7 Å². The molecule has 0 bridgehead atoms. The third-order valence-corrected chi connectivity index (χ3v) is 9.38. The number of aromatic nitrogens is 1. The number of ether oxygens (including phenoxy) is 2. The van der Waals surface area contributed by atoms with E-state index in [1.54, 1.807) is 42.2 Å². The van der Waals surface area contributed by atoms with Crippen LogP contribution in [-0.4, -0.2) is 38.7 Å². The summed E-state index contributed by atoms with van der Waals surface area (Å²) in [5.41, 5.74) is 6.48. The maximum atomic E-state index is 13.0. The Morgan fingerprint density at radius 3 is 2.17 bits per heavy atom. The summed E-state index contributed by atoms with van der Waals surface area (Å²) in [5, 5.41) is 10.5. The van der Waals surface area contributed by atoms with Gasteiger partial charge in [0.1, 0.15) is 0 Å². The monoisotopic (exact) mass is 628 g/mol. The van der Waals surface area contributed by atoms with E-state index in [-0.39, 0.29) is 37.2 Å². The molecule has 8 heteroatoms. The van der Waals surface area contributed by atoms with Crippen molar-refractivity contribution in [1.29, 1.82) is 0 Å². The first kappa shape index (κ1) is 30.1. The van der Waals surface area contributed by atoms with Gasteiger partial charge in [0.05, 0.1) is 41.5 Å². The average molecular weight is 629 g/mol. The fourth-order valence-corrected chi connectivity index (χ4v) is 6.79. The predicted octanol–water partition coefficient (Wildman–Crippen LogP) is 7.37. The number of hydrogen-bond donors (Lipinski definition) is 1. The highest BCUT2D eigenvalue weighted by Gasteiger charge is 2.35. The van der Waals surface area contributed by atoms with E-state index in [0.29, 0.717) is 17.5 Å². The van der Waals surface area contributed by atoms with Gasteiger partial charge in [0.25, 0.3) is 11.8 Å². The van der Waals surface area contributed by atoms with Gasteiger partial charge in [-0.15, -0.1) is 11.8 Å². The van der Waals surface area contributed by atoms with Crippen molar-refractivity contribution in [3.05, 3.63) is 155 Å². The second-order valence-electron chi connectivity index (χ2n) is 11.4. The molecule has 2 aliphatic rings. The first-order valence-corrected chi connectivity index (χ1v) is 16.2. The Labute approximate surface area is 271 Å². The summed E-state index contributed by atoms with van der Waals surface area (Å²) in [6, 6.07) is 36.7. The molecule has 1 fully saturated rings. The van der Waals surface area contributed by atoms with Crippen molar-refractivity contribution >= 4 is 23.6 Å². The van der Waals surface area contributed by atoms with Gasteiger partial charge in [-0.05, 0) is 64.2 Å². The van der Waals surface area contributed by atoms with Gasteiger partial charge >= 0.3 is 0 Å². The molecular formula is C38H32N2O5S. The third kappa shape index (κ3) is 6.38. The van der Waals surface area contributed by atoms with Gasteiger partial charge in [0, 0.05) is 23.9 Å². The van der Waals surface area contributed by atoms with Gasteiger partial charge in [0.15, 0.2) is 6.29 Å². The maximum absolute atomic E-state index is 13.0. The van der Waals surface area contributed by atoms with Crippen molar-refractivity contribution in [2.24, 2.45) is 0 Å². The zero-order chi connectivity index (χ0) is 31.5. The largest absolute Gasteiger partial charge is 0.392 e. The summed E-state index contributed by atoms with van der Waals surface area (Å²) in [4.78, 5) is 31.7. The van der Waals surface area contributed by atoms with Crippen LogP contribution in [0.3, 0.4) is 0 Å². The quantitative estimate of drug-likeness (QED) is 0.135. The molecule has 46 heavy (non-hydrogen) atoms. The standard InChI is InChI=1S/C38H32N2O5S/c41-23-25-14-16-27(17-15-25)34-21-31(24-46-35-13-3-4-18-39-35)44-38(45-34)30-10-6-9-29(20-30)28-8-5-7-26(19-28)22-40-36(42)32-11-1-2-12-33(32)37(40)43/h1-20,31,34,38,41H,21-24H2. The Kier molecular flexibility index (Phi) is 8.76. The van der Waals surface area contributed by atoms with Crippen molar-refractivity contribution in [2.75, 3.05) is 5.75 Å². The first-order chi connectivity index (χ1) is 22.6. The Morgan fingerprint density at radius 1 is 0.739 bits per heavy atom. The molecule has 0 spiro atoms. The number of rotatable bonds is 9. The van der Waals surface area contributed by atoms with Crippen molar-refractivity contribution in [3.63, 3.8) is 0 Å². The van der Waals surface area contributed by atoms with Crippen LogP contribution in [-0.2, 0) is 22.6 Å². The number of pyridine rings is 1. The van der Waals surface area contributed by atoms with Crippen LogP contribution in [0, 0.1) is 0 Å². The molecule has 3 heterocycles. The number of carbonyl (C=O) groups is 2. The molecule has 0 radical (unpaired) electrons. The van der Waals surface area contributed by atoms with E-state index >= 15 is 0 Å². The fourth-order valence-electron chi connectivity index (χ4n) is 5.91. The smallest absolute Gasteiger partial charge is 0.261 e. The fraction of sp³-hybridized carbons (Fsp3) is 0.184. The molecule has 230 valence electrons. The molecule has 0 saturated carbocycles. The number of hydrogen-bond acceptors (Lipinski definition) is 7. The molecule has 7 rings (SSSR count). The number of amides is 2. The number of aliphatic hydroxyl groups is 1. The summed E-state index contributed by atoms with van der Waals surface area (Å²) in [6.07, 6.45) is 1.62. The zero-order valence-electron chi connectivity index (χ0n) is 25.0. The summed E-state index contributed by atoms with van der Waals surface area (Å²) >= 11 is 1.66. The number of benzene rings is 4. The molecule has 1 saturated heterocycles. The number of thioether (sulfide) groups is 1. The van der Waals surface area contributed by atoms with Crippen LogP contribution in [0.1, 0.15) is 61.8 Å². The molecule has 1 aromatic heterocycles. The molecule has 1 N–H and O–H groups in total. The number of aliphatic hydroxyl groups excluding tert-OH is 1. The van der Waals surface area contributed by atoms with Crippen LogP contribution in [0.25, 0.3) is 11.1 Å². The van der Waals surface area contributed by atoms with E-state index in [1.165, 1.54) is 4.90 Å². The van der Waals surface area contributed by atoms with E-state index in [2.05, 4.69) is 11.1 Å². The van der Waals surface area contributed by atoms with Crippen molar-refractivity contribution in [3.8, 4) is 11.1 Å². The lowest BCUT2D eigenvalue weighted by atomic mass is 9.99. The minimum atomic E-state index is -0.591. The van der Waals surface area contributed by atoms with E-state index in [1.807, 2.05) is 84.9 Å². The summed E-state index contributed by atoms with van der Waals surface area (Å²) in [5.74, 6) is 0.189. The van der Waals surface area contributed by atoms with Crippen LogP contribution in [0.4, 0.5) is 0 Å². The van der Waals surface area contributed by atoms with Crippen molar-refractivity contribution in [1.82, 2.24) is 9.88 Å². The molecule has 5 aromatic rings. The third-order valence-electron chi connectivity index (χ3n) is 8.31. The number of carbonyl (C=O) groups excluding carboxylic acids is 2. The predicted molar refractivity (Wildman–Crippen MR) is 176 cm³/mol. The minimum absolute atomic E-state index is 0.00678. The Morgan fingerprint density at radius 2 is 1.46 bits per heavy atom. The Bertz CT molecular complexity index is 1830. The molecular weight excluding hydrogens is 596 g/mol. The second kappa shape index (κ2) is 13.4. The molecule has 3 unspecified atom stereocenters. The summed E-state index contributed by atoms with van der Waals surface area (Å²) < 4.78 is 13.1. The molecule has 2 amide bonds. The molecule has 2 aliphatic heterocycles. The van der Waals surface area contributed by atoms with Gasteiger partial charge in [-0.25, -0.2) is 4.98 Å². The SMILES string of the molecule is O=C1c2ccccc2C(=O)N1Cc1cccc(-c2cccc(C3OC(CSc4ccccn4)CC(c4ccc(CO)cc4)O3)c2)c1. The normalized spacial score (nSPS) is 19.3. The van der Waals surface area contributed by atoms with Crippen LogP contribution >= 0.6 is 11.8 Å².